The van der Waals surface area contributed by atoms with Gasteiger partial charge in [-0.15, -0.1) is 0 Å². The maximum atomic E-state index is 13.5. The number of fused-ring (bicyclic) bond motifs is 1. The fourth-order valence-corrected chi connectivity index (χ4v) is 4.53. The predicted molar refractivity (Wildman–Crippen MR) is 135 cm³/mol. The minimum Gasteiger partial charge on any atom is -0.363 e. The Morgan fingerprint density at radius 3 is 2.56 bits per heavy atom. The van der Waals surface area contributed by atoms with Crippen molar-refractivity contribution in [2.75, 3.05) is 43.6 Å². The van der Waals surface area contributed by atoms with Crippen molar-refractivity contribution in [1.29, 1.82) is 0 Å². The third-order valence-corrected chi connectivity index (χ3v) is 6.42. The molecular formula is C26H25FN6O3. The summed E-state index contributed by atoms with van der Waals surface area (Å²) in [5.74, 6) is -0.901. The van der Waals surface area contributed by atoms with Gasteiger partial charge in [-0.3, -0.25) is 14.9 Å². The topological polar surface area (TPSA) is 96.5 Å². The van der Waals surface area contributed by atoms with Gasteiger partial charge in [0.25, 0.3) is 5.91 Å². The van der Waals surface area contributed by atoms with Gasteiger partial charge in [0.1, 0.15) is 17.1 Å². The molecule has 2 heterocycles. The standard InChI is InChI=1S/C26H25FN6O3/c1-30-10-12-31(13-11-30)24-7-3-6-22(25(24)33(35)36)26(34)29-32-23-9-8-19(15-20(23)17-28-32)14-18-4-2-5-21(27)16-18/h2-9,15-17H,10-14H2,1H3,(H,29,34). The highest BCUT2D eigenvalue weighted by Crippen LogP contribution is 2.32. The minimum absolute atomic E-state index is 0.0252. The highest BCUT2D eigenvalue weighted by molar-refractivity contribution is 6.05. The molecular weight excluding hydrogens is 463 g/mol. The number of carbonyl (C=O) groups excluding carboxylic acids is 1. The summed E-state index contributed by atoms with van der Waals surface area (Å²) >= 11 is 0. The molecule has 0 bridgehead atoms. The normalized spacial score (nSPS) is 14.2. The van der Waals surface area contributed by atoms with Crippen LogP contribution in [0.2, 0.25) is 0 Å². The van der Waals surface area contributed by atoms with Crippen molar-refractivity contribution in [3.05, 3.63) is 99.5 Å². The molecule has 36 heavy (non-hydrogen) atoms. The Bertz CT molecular complexity index is 1440. The second-order valence-electron chi connectivity index (χ2n) is 8.92. The third kappa shape index (κ3) is 4.76. The molecule has 1 N–H and O–H groups in total. The summed E-state index contributed by atoms with van der Waals surface area (Å²) in [6.07, 6.45) is 2.16. The number of nitrogens with one attached hydrogen (secondary N) is 1. The van der Waals surface area contributed by atoms with Gasteiger partial charge in [-0.2, -0.15) is 9.89 Å². The SMILES string of the molecule is CN1CCN(c2cccc(C(=O)Nn3ncc4cc(Cc5cccc(F)c5)ccc43)c2[N+](=O)[O-])CC1. The van der Waals surface area contributed by atoms with E-state index in [9.17, 15) is 19.3 Å². The van der Waals surface area contributed by atoms with E-state index in [1.54, 1.807) is 24.4 Å². The predicted octanol–water partition coefficient (Wildman–Crippen LogP) is 3.81. The highest BCUT2D eigenvalue weighted by Gasteiger charge is 2.29. The van der Waals surface area contributed by atoms with Gasteiger partial charge in [-0.1, -0.05) is 24.3 Å². The third-order valence-electron chi connectivity index (χ3n) is 6.42. The smallest absolute Gasteiger partial charge is 0.305 e. The number of nitro groups is 1. The Hall–Kier alpha value is -4.31. The quantitative estimate of drug-likeness (QED) is 0.328. The summed E-state index contributed by atoms with van der Waals surface area (Å²) < 4.78 is 13.5. The molecule has 184 valence electrons. The lowest BCUT2D eigenvalue weighted by Gasteiger charge is -2.33. The van der Waals surface area contributed by atoms with Crippen LogP contribution in [-0.4, -0.2) is 58.8 Å². The minimum atomic E-state index is -0.619. The molecule has 0 atom stereocenters. The van der Waals surface area contributed by atoms with Gasteiger partial charge in [0.05, 0.1) is 16.6 Å². The maximum Gasteiger partial charge on any atom is 0.305 e. The molecule has 0 saturated carbocycles. The fourth-order valence-electron chi connectivity index (χ4n) is 4.53. The number of rotatable bonds is 6. The van der Waals surface area contributed by atoms with Crippen LogP contribution in [0.4, 0.5) is 15.8 Å². The molecule has 1 fully saturated rings. The number of halogens is 1. The van der Waals surface area contributed by atoms with Gasteiger partial charge < -0.3 is 9.80 Å². The van der Waals surface area contributed by atoms with Gasteiger partial charge in [0.15, 0.2) is 0 Å². The van der Waals surface area contributed by atoms with Crippen molar-refractivity contribution in [2.45, 2.75) is 6.42 Å². The van der Waals surface area contributed by atoms with Gasteiger partial charge in [-0.25, -0.2) is 9.82 Å². The summed E-state index contributed by atoms with van der Waals surface area (Å²) in [7, 11) is 2.01. The Morgan fingerprint density at radius 2 is 1.81 bits per heavy atom. The highest BCUT2D eigenvalue weighted by atomic mass is 19.1. The number of aromatic nitrogens is 2. The van der Waals surface area contributed by atoms with Crippen LogP contribution in [0, 0.1) is 15.9 Å². The molecule has 5 rings (SSSR count). The summed E-state index contributed by atoms with van der Waals surface area (Å²) in [6, 6.07) is 16.9. The molecule has 0 unspecified atom stereocenters. The molecule has 10 heteroatoms. The number of benzene rings is 3. The van der Waals surface area contributed by atoms with E-state index >= 15 is 0 Å². The van der Waals surface area contributed by atoms with Crippen molar-refractivity contribution in [3.8, 4) is 0 Å². The van der Waals surface area contributed by atoms with Crippen LogP contribution in [0.5, 0.6) is 0 Å². The molecule has 1 saturated heterocycles. The van der Waals surface area contributed by atoms with Crippen molar-refractivity contribution < 1.29 is 14.1 Å². The van der Waals surface area contributed by atoms with E-state index < -0.39 is 10.8 Å². The molecule has 1 aliphatic heterocycles. The largest absolute Gasteiger partial charge is 0.363 e. The van der Waals surface area contributed by atoms with Gasteiger partial charge >= 0.3 is 5.69 Å². The second-order valence-corrected chi connectivity index (χ2v) is 8.92. The fraction of sp³-hybridized carbons (Fsp3) is 0.231. The van der Waals surface area contributed by atoms with Crippen LogP contribution in [-0.2, 0) is 6.42 Å². The van der Waals surface area contributed by atoms with Crippen molar-refractivity contribution in [1.82, 2.24) is 14.8 Å². The zero-order chi connectivity index (χ0) is 25.2. The average molecular weight is 489 g/mol. The summed E-state index contributed by atoms with van der Waals surface area (Å²) in [5.41, 5.74) is 5.33. The van der Waals surface area contributed by atoms with Crippen LogP contribution in [0.3, 0.4) is 0 Å². The van der Waals surface area contributed by atoms with E-state index in [4.69, 9.17) is 0 Å². The number of piperazine rings is 1. The lowest BCUT2D eigenvalue weighted by molar-refractivity contribution is -0.384. The monoisotopic (exact) mass is 488 g/mol. The first-order chi connectivity index (χ1) is 17.4. The van der Waals surface area contributed by atoms with Crippen molar-refractivity contribution in [2.24, 2.45) is 0 Å². The summed E-state index contributed by atoms with van der Waals surface area (Å²) in [5, 5.41) is 17.1. The lowest BCUT2D eigenvalue weighted by atomic mass is 10.0. The van der Waals surface area contributed by atoms with Crippen molar-refractivity contribution in [3.63, 3.8) is 0 Å². The van der Waals surface area contributed by atoms with E-state index in [0.717, 1.165) is 29.6 Å². The van der Waals surface area contributed by atoms with Gasteiger partial charge in [-0.05, 0) is 61.0 Å². The van der Waals surface area contributed by atoms with E-state index in [2.05, 4.69) is 15.4 Å². The van der Waals surface area contributed by atoms with Crippen LogP contribution in [0.1, 0.15) is 21.5 Å². The number of nitro benzene ring substituents is 1. The molecule has 3 aromatic carbocycles. The van der Waals surface area contributed by atoms with Crippen molar-refractivity contribution >= 4 is 28.2 Å². The first-order valence-electron chi connectivity index (χ1n) is 11.6. The average Bonchev–Trinajstić information content (AvgIpc) is 3.25. The first kappa shape index (κ1) is 23.4. The van der Waals surface area contributed by atoms with Gasteiger partial charge in [0.2, 0.25) is 0 Å². The Morgan fingerprint density at radius 1 is 1.06 bits per heavy atom. The molecule has 0 aliphatic carbocycles. The summed E-state index contributed by atoms with van der Waals surface area (Å²) in [4.78, 5) is 30.1. The van der Waals surface area contributed by atoms with Crippen LogP contribution in [0.25, 0.3) is 10.9 Å². The van der Waals surface area contributed by atoms with E-state index in [1.807, 2.05) is 36.2 Å². The second kappa shape index (κ2) is 9.74. The number of carbonyl (C=O) groups is 1. The Balaban J connectivity index is 1.39. The van der Waals surface area contributed by atoms with Crippen LogP contribution < -0.4 is 10.3 Å². The number of para-hydroxylation sites is 1. The molecule has 1 aliphatic rings. The van der Waals surface area contributed by atoms with Crippen LogP contribution >= 0.6 is 0 Å². The van der Waals surface area contributed by atoms with E-state index in [0.29, 0.717) is 30.7 Å². The van der Waals surface area contributed by atoms with Gasteiger partial charge in [0, 0.05) is 31.6 Å². The number of hydrogen-bond donors (Lipinski definition) is 1. The molecule has 1 aromatic heterocycles. The van der Waals surface area contributed by atoms with E-state index in [-0.39, 0.29) is 17.1 Å². The first-order valence-corrected chi connectivity index (χ1v) is 11.6. The zero-order valence-corrected chi connectivity index (χ0v) is 19.7. The number of nitrogens with zero attached hydrogens (tertiary/aromatic N) is 5. The number of amides is 1. The Labute approximate surface area is 206 Å². The Kier molecular flexibility index (Phi) is 6.34. The number of likely N-dealkylation sites (N-methyl/N-ethyl adjacent to an activating group) is 1. The van der Waals surface area contributed by atoms with Crippen LogP contribution in [0.15, 0.2) is 66.9 Å². The number of anilines is 1. The molecule has 4 aromatic rings. The lowest BCUT2D eigenvalue weighted by Crippen LogP contribution is -2.44. The zero-order valence-electron chi connectivity index (χ0n) is 19.7. The molecule has 1 amide bonds. The summed E-state index contributed by atoms with van der Waals surface area (Å²) in [6.45, 7) is 2.86. The number of hydrogen-bond acceptors (Lipinski definition) is 6. The molecule has 9 nitrogen and oxygen atoms in total. The van der Waals surface area contributed by atoms with E-state index in [1.165, 1.54) is 23.0 Å². The molecule has 0 radical (unpaired) electrons. The molecule has 0 spiro atoms. The maximum absolute atomic E-state index is 13.5.